The van der Waals surface area contributed by atoms with Crippen LogP contribution in [0.4, 0.5) is 5.69 Å². The summed E-state index contributed by atoms with van der Waals surface area (Å²) < 4.78 is 1.97. The first kappa shape index (κ1) is 17.1. The van der Waals surface area contributed by atoms with Crippen molar-refractivity contribution < 1.29 is 4.79 Å². The molecule has 0 atom stereocenters. The van der Waals surface area contributed by atoms with Crippen LogP contribution >= 0.6 is 0 Å². The number of hydrogen-bond donors (Lipinski definition) is 0. The van der Waals surface area contributed by atoms with Crippen LogP contribution in [0.2, 0.25) is 0 Å². The number of benzene rings is 1. The average Bonchev–Trinajstić information content (AvgIpc) is 3.02. The third-order valence-electron chi connectivity index (χ3n) is 4.84. The van der Waals surface area contributed by atoms with E-state index in [0.29, 0.717) is 11.6 Å². The molecule has 0 fully saturated rings. The van der Waals surface area contributed by atoms with Crippen molar-refractivity contribution >= 4 is 22.5 Å². The zero-order valence-corrected chi connectivity index (χ0v) is 15.2. The second-order valence-corrected chi connectivity index (χ2v) is 6.27. The highest BCUT2D eigenvalue weighted by Gasteiger charge is 2.22. The Morgan fingerprint density at radius 2 is 1.92 bits per heavy atom. The molecule has 3 rings (SSSR count). The minimum Gasteiger partial charge on any atom is -0.309 e. The van der Waals surface area contributed by atoms with Crippen LogP contribution in [0.3, 0.4) is 0 Å². The Morgan fingerprint density at radius 3 is 2.64 bits per heavy atom. The number of carbonyl (C=O) groups excluding carboxylic acids is 1. The second kappa shape index (κ2) is 7.05. The molecular formula is C20H24N4O. The Morgan fingerprint density at radius 1 is 1.20 bits per heavy atom. The maximum atomic E-state index is 13.1. The molecule has 5 heteroatoms. The van der Waals surface area contributed by atoms with Gasteiger partial charge in [-0.15, -0.1) is 0 Å². The molecule has 0 aliphatic heterocycles. The summed E-state index contributed by atoms with van der Waals surface area (Å²) in [6.07, 6.45) is 5.43. The van der Waals surface area contributed by atoms with E-state index in [0.717, 1.165) is 35.1 Å². The SMILES string of the molecule is CCC(CC)n1ncc(C(=O)N(C)c2cccc3cccnc23)c1C. The maximum Gasteiger partial charge on any atom is 0.261 e. The van der Waals surface area contributed by atoms with Gasteiger partial charge in [0.25, 0.3) is 5.91 Å². The van der Waals surface area contributed by atoms with E-state index in [1.54, 1.807) is 24.3 Å². The van der Waals surface area contributed by atoms with Crippen LogP contribution in [0.5, 0.6) is 0 Å². The molecule has 0 bridgehead atoms. The Kier molecular flexibility index (Phi) is 4.83. The van der Waals surface area contributed by atoms with Crippen LogP contribution in [0.25, 0.3) is 10.9 Å². The summed E-state index contributed by atoms with van der Waals surface area (Å²) in [5.41, 5.74) is 3.18. The minimum absolute atomic E-state index is 0.0622. The number of amides is 1. The number of hydrogen-bond acceptors (Lipinski definition) is 3. The highest BCUT2D eigenvalue weighted by Crippen LogP contribution is 2.26. The third-order valence-corrected chi connectivity index (χ3v) is 4.84. The van der Waals surface area contributed by atoms with Gasteiger partial charge in [0.1, 0.15) is 0 Å². The van der Waals surface area contributed by atoms with Gasteiger partial charge in [0.2, 0.25) is 0 Å². The molecule has 0 N–H and O–H groups in total. The standard InChI is InChI=1S/C20H24N4O/c1-5-16(6-2)24-14(3)17(13-22-24)20(25)23(4)18-11-7-9-15-10-8-12-21-19(15)18/h7-13,16H,5-6H2,1-4H3. The van der Waals surface area contributed by atoms with Gasteiger partial charge in [0.15, 0.2) is 0 Å². The summed E-state index contributed by atoms with van der Waals surface area (Å²) in [5.74, 6) is -0.0622. The lowest BCUT2D eigenvalue weighted by atomic mass is 10.1. The highest BCUT2D eigenvalue weighted by atomic mass is 16.2. The summed E-state index contributed by atoms with van der Waals surface area (Å²) >= 11 is 0. The van der Waals surface area contributed by atoms with Crippen molar-refractivity contribution in [2.24, 2.45) is 0 Å². The predicted molar refractivity (Wildman–Crippen MR) is 101 cm³/mol. The van der Waals surface area contributed by atoms with Gasteiger partial charge in [-0.25, -0.2) is 0 Å². The molecule has 0 saturated carbocycles. The topological polar surface area (TPSA) is 51.0 Å². The van der Waals surface area contributed by atoms with E-state index >= 15 is 0 Å². The molecule has 5 nitrogen and oxygen atoms in total. The van der Waals surface area contributed by atoms with Crippen molar-refractivity contribution in [3.05, 3.63) is 54.0 Å². The summed E-state index contributed by atoms with van der Waals surface area (Å²) in [6, 6.07) is 10.1. The zero-order chi connectivity index (χ0) is 18.0. The number of para-hydroxylation sites is 1. The molecule has 1 aromatic carbocycles. The average molecular weight is 336 g/mol. The Labute approximate surface area is 148 Å². The first-order chi connectivity index (χ1) is 12.1. The molecule has 25 heavy (non-hydrogen) atoms. The molecule has 3 aromatic rings. The van der Waals surface area contributed by atoms with Crippen LogP contribution < -0.4 is 4.90 Å². The lowest BCUT2D eigenvalue weighted by Gasteiger charge is -2.19. The quantitative estimate of drug-likeness (QED) is 0.695. The number of carbonyl (C=O) groups is 1. The second-order valence-electron chi connectivity index (χ2n) is 6.27. The predicted octanol–water partition coefficient (Wildman–Crippen LogP) is 4.38. The maximum absolute atomic E-state index is 13.1. The van der Waals surface area contributed by atoms with Crippen LogP contribution in [-0.2, 0) is 0 Å². The van der Waals surface area contributed by atoms with Crippen LogP contribution in [0.1, 0.15) is 48.8 Å². The summed E-state index contributed by atoms with van der Waals surface area (Å²) in [5, 5.41) is 5.49. The summed E-state index contributed by atoms with van der Waals surface area (Å²) in [6.45, 7) is 6.25. The van der Waals surface area contributed by atoms with Gasteiger partial charge in [-0.2, -0.15) is 5.10 Å². The van der Waals surface area contributed by atoms with E-state index in [4.69, 9.17) is 0 Å². The molecule has 0 unspecified atom stereocenters. The van der Waals surface area contributed by atoms with E-state index < -0.39 is 0 Å². The number of anilines is 1. The van der Waals surface area contributed by atoms with E-state index in [1.165, 1.54) is 0 Å². The van der Waals surface area contributed by atoms with Crippen molar-refractivity contribution in [1.29, 1.82) is 0 Å². The third kappa shape index (κ3) is 3.02. The monoisotopic (exact) mass is 336 g/mol. The van der Waals surface area contributed by atoms with Gasteiger partial charge < -0.3 is 4.90 Å². The first-order valence-electron chi connectivity index (χ1n) is 8.74. The zero-order valence-electron chi connectivity index (χ0n) is 15.2. The normalized spacial score (nSPS) is 11.2. The van der Waals surface area contributed by atoms with Gasteiger partial charge in [0, 0.05) is 24.3 Å². The molecule has 0 radical (unpaired) electrons. The van der Waals surface area contributed by atoms with Crippen LogP contribution in [0, 0.1) is 6.92 Å². The van der Waals surface area contributed by atoms with Gasteiger partial charge in [-0.05, 0) is 31.9 Å². The minimum atomic E-state index is -0.0622. The highest BCUT2D eigenvalue weighted by molar-refractivity contribution is 6.10. The molecule has 0 spiro atoms. The first-order valence-corrected chi connectivity index (χ1v) is 8.74. The van der Waals surface area contributed by atoms with Gasteiger partial charge in [-0.3, -0.25) is 14.5 Å². The number of fused-ring (bicyclic) bond motifs is 1. The Bertz CT molecular complexity index is 890. The molecule has 0 aliphatic rings. The van der Waals surface area contributed by atoms with Crippen LogP contribution in [0.15, 0.2) is 42.7 Å². The Hall–Kier alpha value is -2.69. The van der Waals surface area contributed by atoms with Gasteiger partial charge >= 0.3 is 0 Å². The smallest absolute Gasteiger partial charge is 0.261 e. The van der Waals surface area contributed by atoms with Crippen molar-refractivity contribution in [2.75, 3.05) is 11.9 Å². The van der Waals surface area contributed by atoms with Crippen molar-refractivity contribution in [3.8, 4) is 0 Å². The van der Waals surface area contributed by atoms with Crippen molar-refractivity contribution in [2.45, 2.75) is 39.7 Å². The van der Waals surface area contributed by atoms with E-state index in [9.17, 15) is 4.79 Å². The number of pyridine rings is 1. The molecule has 0 aliphatic carbocycles. The molecule has 2 heterocycles. The largest absolute Gasteiger partial charge is 0.309 e. The van der Waals surface area contributed by atoms with Gasteiger partial charge in [-0.1, -0.05) is 32.0 Å². The fourth-order valence-electron chi connectivity index (χ4n) is 3.28. The van der Waals surface area contributed by atoms with E-state index in [-0.39, 0.29) is 5.91 Å². The summed E-state index contributed by atoms with van der Waals surface area (Å²) in [7, 11) is 1.79. The van der Waals surface area contributed by atoms with Gasteiger partial charge in [0.05, 0.1) is 29.0 Å². The summed E-state index contributed by atoms with van der Waals surface area (Å²) in [4.78, 5) is 19.2. The lowest BCUT2D eigenvalue weighted by Crippen LogP contribution is -2.27. The fourth-order valence-corrected chi connectivity index (χ4v) is 3.28. The molecule has 130 valence electrons. The Balaban J connectivity index is 1.98. The number of aromatic nitrogens is 3. The lowest BCUT2D eigenvalue weighted by molar-refractivity contribution is 0.0992. The fraction of sp³-hybridized carbons (Fsp3) is 0.350. The van der Waals surface area contributed by atoms with E-state index in [2.05, 4.69) is 23.9 Å². The molecule has 1 amide bonds. The molecule has 0 saturated heterocycles. The molecule has 2 aromatic heterocycles. The molecular weight excluding hydrogens is 312 g/mol. The van der Waals surface area contributed by atoms with Crippen molar-refractivity contribution in [1.82, 2.24) is 14.8 Å². The van der Waals surface area contributed by atoms with Crippen molar-refractivity contribution in [3.63, 3.8) is 0 Å². The number of rotatable bonds is 5. The van der Waals surface area contributed by atoms with E-state index in [1.807, 2.05) is 41.9 Å². The van der Waals surface area contributed by atoms with Crippen LogP contribution in [-0.4, -0.2) is 27.7 Å². The number of nitrogens with zero attached hydrogens (tertiary/aromatic N) is 4.